The largest absolute Gasteiger partial charge is 0.340 e. The second-order valence-corrected chi connectivity index (χ2v) is 10.1. The maximum absolute atomic E-state index is 12.6. The predicted octanol–water partition coefficient (Wildman–Crippen LogP) is 3.15. The number of carbonyl (C=O) groups is 1. The number of rotatable bonds is 7. The zero-order chi connectivity index (χ0) is 20.0. The summed E-state index contributed by atoms with van der Waals surface area (Å²) in [5, 5.41) is 0. The van der Waals surface area contributed by atoms with Crippen molar-refractivity contribution < 1.29 is 13.2 Å². The number of thioether (sulfide) groups is 1. The monoisotopic (exact) mass is 418 g/mol. The molecular formula is C21H26N2O3S2. The summed E-state index contributed by atoms with van der Waals surface area (Å²) in [5.74, 6) is 0.836. The summed E-state index contributed by atoms with van der Waals surface area (Å²) >= 11 is 1.67. The van der Waals surface area contributed by atoms with Gasteiger partial charge in [0.05, 0.1) is 5.75 Å². The molecule has 0 N–H and O–H groups in total. The minimum atomic E-state index is -3.35. The SMILES string of the molecule is Cc1ccc(SCCC(=O)N2CCN(S(=O)(=O)Cc3ccccc3)CC2)cc1. The van der Waals surface area contributed by atoms with Crippen LogP contribution in [0.5, 0.6) is 0 Å². The standard InChI is InChI=1S/C21H26N2O3S2/c1-18-7-9-20(10-8-18)27-16-11-21(24)22-12-14-23(15-13-22)28(25,26)17-19-5-3-2-4-6-19/h2-10H,11-17H2,1H3. The third-order valence-electron chi connectivity index (χ3n) is 4.78. The zero-order valence-corrected chi connectivity index (χ0v) is 17.7. The number of sulfonamides is 1. The highest BCUT2D eigenvalue weighted by Crippen LogP contribution is 2.20. The van der Waals surface area contributed by atoms with Crippen LogP contribution in [0.25, 0.3) is 0 Å². The van der Waals surface area contributed by atoms with Crippen molar-refractivity contribution in [2.75, 3.05) is 31.9 Å². The Balaban J connectivity index is 1.44. The second kappa shape index (κ2) is 9.58. The molecule has 1 amide bonds. The number of piperazine rings is 1. The third-order valence-corrected chi connectivity index (χ3v) is 7.65. The number of aryl methyl sites for hydroxylation is 1. The summed E-state index contributed by atoms with van der Waals surface area (Å²) in [6.07, 6.45) is 0.468. The first-order chi connectivity index (χ1) is 13.4. The van der Waals surface area contributed by atoms with Crippen molar-refractivity contribution in [3.05, 3.63) is 65.7 Å². The molecule has 3 rings (SSSR count). The summed E-state index contributed by atoms with van der Waals surface area (Å²) in [7, 11) is -3.35. The summed E-state index contributed by atoms with van der Waals surface area (Å²) in [4.78, 5) is 15.4. The average Bonchev–Trinajstić information content (AvgIpc) is 2.70. The molecule has 150 valence electrons. The number of amides is 1. The first-order valence-corrected chi connectivity index (χ1v) is 12.0. The number of hydrogen-bond donors (Lipinski definition) is 0. The predicted molar refractivity (Wildman–Crippen MR) is 114 cm³/mol. The Kier molecular flexibility index (Phi) is 7.15. The molecular weight excluding hydrogens is 392 g/mol. The highest BCUT2D eigenvalue weighted by Gasteiger charge is 2.28. The van der Waals surface area contributed by atoms with Gasteiger partial charge in [-0.1, -0.05) is 48.0 Å². The van der Waals surface area contributed by atoms with Crippen LogP contribution in [0, 0.1) is 6.92 Å². The lowest BCUT2D eigenvalue weighted by atomic mass is 10.2. The molecule has 0 spiro atoms. The molecule has 5 nitrogen and oxygen atoms in total. The summed E-state index contributed by atoms with van der Waals surface area (Å²) in [6.45, 7) is 3.71. The molecule has 7 heteroatoms. The van der Waals surface area contributed by atoms with Gasteiger partial charge in [0.25, 0.3) is 0 Å². The normalized spacial score (nSPS) is 15.5. The van der Waals surface area contributed by atoms with Gasteiger partial charge in [-0.05, 0) is 24.6 Å². The van der Waals surface area contributed by atoms with Gasteiger partial charge in [-0.25, -0.2) is 8.42 Å². The number of nitrogens with zero attached hydrogens (tertiary/aromatic N) is 2. The van der Waals surface area contributed by atoms with Crippen molar-refractivity contribution in [2.45, 2.75) is 24.0 Å². The van der Waals surface area contributed by atoms with E-state index in [1.54, 1.807) is 16.7 Å². The molecule has 2 aromatic rings. The van der Waals surface area contributed by atoms with Crippen molar-refractivity contribution in [1.82, 2.24) is 9.21 Å². The van der Waals surface area contributed by atoms with E-state index in [0.29, 0.717) is 32.6 Å². The Morgan fingerprint density at radius 1 is 0.964 bits per heavy atom. The van der Waals surface area contributed by atoms with Gasteiger partial charge in [-0.2, -0.15) is 4.31 Å². The molecule has 0 saturated carbocycles. The fraction of sp³-hybridized carbons (Fsp3) is 0.381. The Morgan fingerprint density at radius 2 is 1.61 bits per heavy atom. The lowest BCUT2D eigenvalue weighted by Gasteiger charge is -2.34. The average molecular weight is 419 g/mol. The van der Waals surface area contributed by atoms with Gasteiger partial charge in [0.1, 0.15) is 0 Å². The van der Waals surface area contributed by atoms with Crippen LogP contribution in [0.4, 0.5) is 0 Å². The van der Waals surface area contributed by atoms with Gasteiger partial charge >= 0.3 is 0 Å². The van der Waals surface area contributed by atoms with Gasteiger partial charge in [0.2, 0.25) is 15.9 Å². The Labute approximate surface area is 171 Å². The highest BCUT2D eigenvalue weighted by atomic mass is 32.2. The molecule has 1 heterocycles. The molecule has 1 aliphatic rings. The van der Waals surface area contributed by atoms with Gasteiger partial charge in [-0.3, -0.25) is 4.79 Å². The Morgan fingerprint density at radius 3 is 2.25 bits per heavy atom. The van der Waals surface area contributed by atoms with E-state index in [2.05, 4.69) is 31.2 Å². The van der Waals surface area contributed by atoms with E-state index in [-0.39, 0.29) is 11.7 Å². The number of benzene rings is 2. The second-order valence-electron chi connectivity index (χ2n) is 6.93. The quantitative estimate of drug-likeness (QED) is 0.648. The van der Waals surface area contributed by atoms with E-state index in [1.165, 1.54) is 9.87 Å². The van der Waals surface area contributed by atoms with E-state index in [1.807, 2.05) is 30.3 Å². The number of carbonyl (C=O) groups excluding carboxylic acids is 1. The van der Waals surface area contributed by atoms with Crippen LogP contribution >= 0.6 is 11.8 Å². The molecule has 1 aliphatic heterocycles. The van der Waals surface area contributed by atoms with Crippen LogP contribution in [0.1, 0.15) is 17.5 Å². The fourth-order valence-corrected chi connectivity index (χ4v) is 5.50. The maximum Gasteiger partial charge on any atom is 0.223 e. The lowest BCUT2D eigenvalue weighted by molar-refractivity contribution is -0.131. The van der Waals surface area contributed by atoms with Crippen LogP contribution in [-0.2, 0) is 20.6 Å². The molecule has 0 bridgehead atoms. The van der Waals surface area contributed by atoms with Crippen molar-refractivity contribution in [2.24, 2.45) is 0 Å². The summed E-state index contributed by atoms with van der Waals surface area (Å²) in [5.41, 5.74) is 2.01. The van der Waals surface area contributed by atoms with Crippen LogP contribution in [0.3, 0.4) is 0 Å². The van der Waals surface area contributed by atoms with E-state index in [4.69, 9.17) is 0 Å². The first-order valence-electron chi connectivity index (χ1n) is 9.43. The van der Waals surface area contributed by atoms with Crippen molar-refractivity contribution in [3.63, 3.8) is 0 Å². The van der Waals surface area contributed by atoms with Crippen molar-refractivity contribution >= 4 is 27.7 Å². The minimum Gasteiger partial charge on any atom is -0.340 e. The van der Waals surface area contributed by atoms with E-state index in [9.17, 15) is 13.2 Å². The maximum atomic E-state index is 12.6. The van der Waals surface area contributed by atoms with Crippen LogP contribution in [0.15, 0.2) is 59.5 Å². The minimum absolute atomic E-state index is 0.00891. The molecule has 28 heavy (non-hydrogen) atoms. The summed E-state index contributed by atoms with van der Waals surface area (Å²) in [6, 6.07) is 17.5. The zero-order valence-electron chi connectivity index (χ0n) is 16.1. The smallest absolute Gasteiger partial charge is 0.223 e. The Hall–Kier alpha value is -1.83. The molecule has 1 fully saturated rings. The number of hydrogen-bond acceptors (Lipinski definition) is 4. The Bertz CT molecular complexity index is 876. The molecule has 0 radical (unpaired) electrons. The summed E-state index contributed by atoms with van der Waals surface area (Å²) < 4.78 is 26.7. The third kappa shape index (κ3) is 5.83. The molecule has 0 aliphatic carbocycles. The molecule has 2 aromatic carbocycles. The highest BCUT2D eigenvalue weighted by molar-refractivity contribution is 7.99. The van der Waals surface area contributed by atoms with E-state index in [0.717, 1.165) is 16.2 Å². The van der Waals surface area contributed by atoms with E-state index < -0.39 is 10.0 Å². The van der Waals surface area contributed by atoms with Crippen molar-refractivity contribution in [1.29, 1.82) is 0 Å². The fourth-order valence-electron chi connectivity index (χ4n) is 3.14. The van der Waals surface area contributed by atoms with Gasteiger partial charge < -0.3 is 4.90 Å². The van der Waals surface area contributed by atoms with Gasteiger partial charge in [0, 0.05) is 43.2 Å². The lowest BCUT2D eigenvalue weighted by Crippen LogP contribution is -2.50. The van der Waals surface area contributed by atoms with Crippen LogP contribution in [-0.4, -0.2) is 55.5 Å². The molecule has 0 unspecified atom stereocenters. The van der Waals surface area contributed by atoms with Gasteiger partial charge in [-0.15, -0.1) is 11.8 Å². The van der Waals surface area contributed by atoms with Crippen molar-refractivity contribution in [3.8, 4) is 0 Å². The van der Waals surface area contributed by atoms with Crippen LogP contribution < -0.4 is 0 Å². The van der Waals surface area contributed by atoms with Crippen LogP contribution in [0.2, 0.25) is 0 Å². The molecule has 0 atom stereocenters. The topological polar surface area (TPSA) is 57.7 Å². The molecule has 1 saturated heterocycles. The first kappa shape index (κ1) is 20.9. The van der Waals surface area contributed by atoms with Gasteiger partial charge in [0.15, 0.2) is 0 Å². The molecule has 0 aromatic heterocycles. The van der Waals surface area contributed by atoms with E-state index >= 15 is 0 Å².